The fourth-order valence-corrected chi connectivity index (χ4v) is 2.43. The molecule has 0 amide bonds. The highest BCUT2D eigenvalue weighted by atomic mass is 79.9. The molecule has 0 saturated carbocycles. The Labute approximate surface area is 113 Å². The number of aromatic amines is 1. The van der Waals surface area contributed by atoms with Crippen molar-refractivity contribution in [3.8, 4) is 0 Å². The van der Waals surface area contributed by atoms with Gasteiger partial charge in [-0.2, -0.15) is 0 Å². The predicted molar refractivity (Wildman–Crippen MR) is 71.7 cm³/mol. The Morgan fingerprint density at radius 3 is 2.83 bits per heavy atom. The summed E-state index contributed by atoms with van der Waals surface area (Å²) in [5.41, 5.74) is 2.93. The van der Waals surface area contributed by atoms with Gasteiger partial charge in [-0.25, -0.2) is 4.68 Å². The van der Waals surface area contributed by atoms with E-state index in [-0.39, 0.29) is 5.56 Å². The molecule has 0 saturated heterocycles. The first kappa shape index (κ1) is 11.7. The van der Waals surface area contributed by atoms with Crippen molar-refractivity contribution in [2.45, 2.75) is 19.6 Å². The maximum atomic E-state index is 12.1. The van der Waals surface area contributed by atoms with Gasteiger partial charge in [0.15, 0.2) is 0 Å². The maximum Gasteiger partial charge on any atom is 0.272 e. The van der Waals surface area contributed by atoms with Crippen LogP contribution in [0.5, 0.6) is 0 Å². The van der Waals surface area contributed by atoms with E-state index in [1.165, 1.54) is 0 Å². The fraction of sp³-hybridized carbons (Fsp3) is 0.308. The molecule has 0 radical (unpaired) electrons. The van der Waals surface area contributed by atoms with Crippen LogP contribution >= 0.6 is 15.9 Å². The van der Waals surface area contributed by atoms with Crippen LogP contribution in [0.2, 0.25) is 0 Å². The van der Waals surface area contributed by atoms with Crippen molar-refractivity contribution in [2.75, 3.05) is 6.61 Å². The molecule has 1 aliphatic rings. The number of nitrogens with one attached hydrogen (secondary N) is 1. The highest BCUT2D eigenvalue weighted by Crippen LogP contribution is 2.13. The Hall–Kier alpha value is -1.33. The zero-order chi connectivity index (χ0) is 12.5. The van der Waals surface area contributed by atoms with E-state index in [0.717, 1.165) is 27.7 Å². The molecule has 3 rings (SSSR count). The van der Waals surface area contributed by atoms with Crippen molar-refractivity contribution in [1.29, 1.82) is 0 Å². The Kier molecular flexibility index (Phi) is 3.09. The SMILES string of the molecule is O=c1c2c([nH]n1Cc1ccc(Br)cc1)CCOC2. The summed E-state index contributed by atoms with van der Waals surface area (Å²) in [7, 11) is 0. The quantitative estimate of drug-likeness (QED) is 0.923. The molecule has 0 spiro atoms. The number of ether oxygens (including phenoxy) is 1. The molecule has 0 aliphatic carbocycles. The molecule has 2 heterocycles. The van der Waals surface area contributed by atoms with E-state index in [4.69, 9.17) is 4.74 Å². The van der Waals surface area contributed by atoms with E-state index in [0.29, 0.717) is 19.8 Å². The minimum absolute atomic E-state index is 0.0348. The van der Waals surface area contributed by atoms with Crippen LogP contribution in [0.1, 0.15) is 16.8 Å². The number of aromatic nitrogens is 2. The zero-order valence-corrected chi connectivity index (χ0v) is 11.4. The Morgan fingerprint density at radius 1 is 1.33 bits per heavy atom. The standard InChI is InChI=1S/C13H13BrN2O2/c14-10-3-1-9(2-4-10)7-16-13(17)11-8-18-6-5-12(11)15-16/h1-4,15H,5-8H2. The Balaban J connectivity index is 1.91. The molecule has 18 heavy (non-hydrogen) atoms. The first-order valence-corrected chi connectivity index (χ1v) is 6.66. The molecule has 5 heteroatoms. The minimum Gasteiger partial charge on any atom is -0.376 e. The summed E-state index contributed by atoms with van der Waals surface area (Å²) in [4.78, 5) is 12.1. The fourth-order valence-electron chi connectivity index (χ4n) is 2.16. The number of hydrogen-bond donors (Lipinski definition) is 1. The minimum atomic E-state index is 0.0348. The average molecular weight is 309 g/mol. The molecule has 1 aromatic carbocycles. The summed E-state index contributed by atoms with van der Waals surface area (Å²) in [6, 6.07) is 7.97. The third kappa shape index (κ3) is 2.15. The number of fused-ring (bicyclic) bond motifs is 1. The molecular weight excluding hydrogens is 296 g/mol. The number of nitrogens with zero attached hydrogens (tertiary/aromatic N) is 1. The van der Waals surface area contributed by atoms with Gasteiger partial charge < -0.3 is 4.74 Å². The average Bonchev–Trinajstić information content (AvgIpc) is 2.70. The highest BCUT2D eigenvalue weighted by Gasteiger charge is 2.17. The molecule has 0 atom stereocenters. The molecule has 1 N–H and O–H groups in total. The summed E-state index contributed by atoms with van der Waals surface area (Å²) < 4.78 is 8.01. The largest absolute Gasteiger partial charge is 0.376 e. The molecule has 1 aromatic heterocycles. The van der Waals surface area contributed by atoms with Crippen molar-refractivity contribution in [3.05, 3.63) is 55.9 Å². The van der Waals surface area contributed by atoms with Gasteiger partial charge in [-0.05, 0) is 17.7 Å². The van der Waals surface area contributed by atoms with Crippen molar-refractivity contribution < 1.29 is 4.74 Å². The molecule has 2 aromatic rings. The van der Waals surface area contributed by atoms with Gasteiger partial charge in [-0.1, -0.05) is 28.1 Å². The number of hydrogen-bond acceptors (Lipinski definition) is 2. The Bertz CT molecular complexity index is 613. The summed E-state index contributed by atoms with van der Waals surface area (Å²) in [6.45, 7) is 1.68. The lowest BCUT2D eigenvalue weighted by Gasteiger charge is -2.08. The summed E-state index contributed by atoms with van der Waals surface area (Å²) in [5.74, 6) is 0. The van der Waals surface area contributed by atoms with Crippen molar-refractivity contribution in [3.63, 3.8) is 0 Å². The van der Waals surface area contributed by atoms with Gasteiger partial charge in [0.1, 0.15) is 0 Å². The van der Waals surface area contributed by atoms with Crippen LogP contribution in [0.15, 0.2) is 33.5 Å². The van der Waals surface area contributed by atoms with Crippen LogP contribution in [-0.4, -0.2) is 16.4 Å². The summed E-state index contributed by atoms with van der Waals surface area (Å²) in [5, 5.41) is 3.18. The van der Waals surface area contributed by atoms with E-state index in [9.17, 15) is 4.79 Å². The molecule has 94 valence electrons. The van der Waals surface area contributed by atoms with Gasteiger partial charge in [0.2, 0.25) is 0 Å². The van der Waals surface area contributed by atoms with E-state index < -0.39 is 0 Å². The van der Waals surface area contributed by atoms with Crippen molar-refractivity contribution in [1.82, 2.24) is 9.78 Å². The van der Waals surface area contributed by atoms with E-state index in [1.54, 1.807) is 4.68 Å². The van der Waals surface area contributed by atoms with Gasteiger partial charge in [0, 0.05) is 16.6 Å². The smallest absolute Gasteiger partial charge is 0.272 e. The number of benzene rings is 1. The van der Waals surface area contributed by atoms with Crippen LogP contribution in [0.25, 0.3) is 0 Å². The molecule has 1 aliphatic heterocycles. The van der Waals surface area contributed by atoms with Crippen LogP contribution in [0, 0.1) is 0 Å². The van der Waals surface area contributed by atoms with Gasteiger partial charge in [-0.15, -0.1) is 0 Å². The normalized spacial score (nSPS) is 14.5. The number of rotatable bonds is 2. The lowest BCUT2D eigenvalue weighted by Crippen LogP contribution is -2.21. The number of H-pyrrole nitrogens is 1. The molecule has 0 fully saturated rings. The maximum absolute atomic E-state index is 12.1. The van der Waals surface area contributed by atoms with Crippen LogP contribution in [0.3, 0.4) is 0 Å². The molecule has 0 bridgehead atoms. The first-order valence-electron chi connectivity index (χ1n) is 5.87. The van der Waals surface area contributed by atoms with E-state index in [2.05, 4.69) is 21.0 Å². The molecular formula is C13H13BrN2O2. The third-order valence-electron chi connectivity index (χ3n) is 3.13. The second kappa shape index (κ2) is 4.74. The summed E-state index contributed by atoms with van der Waals surface area (Å²) >= 11 is 3.40. The zero-order valence-electron chi connectivity index (χ0n) is 9.78. The first-order chi connectivity index (χ1) is 8.74. The lowest BCUT2D eigenvalue weighted by atomic mass is 10.2. The van der Waals surface area contributed by atoms with Gasteiger partial charge in [-0.3, -0.25) is 9.89 Å². The van der Waals surface area contributed by atoms with Gasteiger partial charge >= 0.3 is 0 Å². The van der Waals surface area contributed by atoms with E-state index >= 15 is 0 Å². The third-order valence-corrected chi connectivity index (χ3v) is 3.66. The van der Waals surface area contributed by atoms with Crippen LogP contribution in [0.4, 0.5) is 0 Å². The van der Waals surface area contributed by atoms with Crippen molar-refractivity contribution in [2.24, 2.45) is 0 Å². The second-order valence-corrected chi connectivity index (χ2v) is 5.30. The van der Waals surface area contributed by atoms with Crippen molar-refractivity contribution >= 4 is 15.9 Å². The Morgan fingerprint density at radius 2 is 2.11 bits per heavy atom. The second-order valence-electron chi connectivity index (χ2n) is 4.39. The summed E-state index contributed by atoms with van der Waals surface area (Å²) in [6.07, 6.45) is 0.790. The van der Waals surface area contributed by atoms with Crippen LogP contribution < -0.4 is 5.56 Å². The highest BCUT2D eigenvalue weighted by molar-refractivity contribution is 9.10. The molecule has 0 unspecified atom stereocenters. The monoisotopic (exact) mass is 308 g/mol. The topological polar surface area (TPSA) is 47.0 Å². The molecule has 4 nitrogen and oxygen atoms in total. The predicted octanol–water partition coefficient (Wildman–Crippen LogP) is 2.06. The lowest BCUT2D eigenvalue weighted by molar-refractivity contribution is 0.109. The van der Waals surface area contributed by atoms with E-state index in [1.807, 2.05) is 24.3 Å². The van der Waals surface area contributed by atoms with Gasteiger partial charge in [0.25, 0.3) is 5.56 Å². The number of halogens is 1. The van der Waals surface area contributed by atoms with Gasteiger partial charge in [0.05, 0.1) is 25.3 Å². The van der Waals surface area contributed by atoms with Crippen LogP contribution in [-0.2, 0) is 24.3 Å².